The van der Waals surface area contributed by atoms with Gasteiger partial charge in [-0.15, -0.1) is 0 Å². The van der Waals surface area contributed by atoms with Crippen LogP contribution in [0.25, 0.3) is 0 Å². The zero-order valence-corrected chi connectivity index (χ0v) is 11.3. The number of nitrogens with two attached hydrogens (primary N) is 1. The molecule has 2 aromatic carbocycles. The van der Waals surface area contributed by atoms with E-state index in [1.807, 2.05) is 0 Å². The predicted molar refractivity (Wildman–Crippen MR) is 78.7 cm³/mol. The molecule has 0 radical (unpaired) electrons. The Bertz CT molecular complexity index is 604. The summed E-state index contributed by atoms with van der Waals surface area (Å²) in [5.41, 5.74) is 12.2. The molecule has 0 spiro atoms. The first-order chi connectivity index (χ1) is 9.26. The maximum Gasteiger partial charge on any atom is 0.122 e. The highest BCUT2D eigenvalue weighted by Gasteiger charge is 2.09. The zero-order valence-electron chi connectivity index (χ0n) is 11.3. The summed E-state index contributed by atoms with van der Waals surface area (Å²) in [5, 5.41) is 0. The minimum absolute atomic E-state index is 0.930. The van der Waals surface area contributed by atoms with E-state index < -0.39 is 0 Å². The van der Waals surface area contributed by atoms with E-state index in [2.05, 4.69) is 36.4 Å². The van der Waals surface area contributed by atoms with E-state index >= 15 is 0 Å². The third-order valence-corrected chi connectivity index (χ3v) is 3.93. The third kappa shape index (κ3) is 2.43. The van der Waals surface area contributed by atoms with E-state index in [0.29, 0.717) is 0 Å². The van der Waals surface area contributed by atoms with Crippen LogP contribution in [0, 0.1) is 0 Å². The fraction of sp³-hybridized carbons (Fsp3) is 0.294. The third-order valence-electron chi connectivity index (χ3n) is 3.93. The van der Waals surface area contributed by atoms with Gasteiger partial charge in [-0.1, -0.05) is 24.3 Å². The Hall–Kier alpha value is -1.96. The van der Waals surface area contributed by atoms with Crippen molar-refractivity contribution < 1.29 is 4.74 Å². The molecule has 0 atom stereocenters. The van der Waals surface area contributed by atoms with Gasteiger partial charge in [0.25, 0.3) is 0 Å². The first-order valence-electron chi connectivity index (χ1n) is 6.79. The van der Waals surface area contributed by atoms with Crippen LogP contribution in [0.1, 0.15) is 22.3 Å². The Morgan fingerprint density at radius 3 is 2.16 bits per heavy atom. The molecule has 4 bridgehead atoms. The second-order valence-corrected chi connectivity index (χ2v) is 5.18. The van der Waals surface area contributed by atoms with Gasteiger partial charge in [-0.05, 0) is 60.1 Å². The predicted octanol–water partition coefficient (Wildman–Crippen LogP) is 3.16. The van der Waals surface area contributed by atoms with Gasteiger partial charge in [0.1, 0.15) is 5.75 Å². The summed E-state index contributed by atoms with van der Waals surface area (Å²) in [5.74, 6) is 1.01. The molecule has 0 saturated heterocycles. The van der Waals surface area contributed by atoms with Crippen molar-refractivity contribution in [2.24, 2.45) is 0 Å². The fourth-order valence-corrected chi connectivity index (χ4v) is 2.74. The lowest BCUT2D eigenvalue weighted by molar-refractivity contribution is 0.409. The van der Waals surface area contributed by atoms with Gasteiger partial charge in [-0.25, -0.2) is 0 Å². The highest BCUT2D eigenvalue weighted by atomic mass is 16.5. The number of anilines is 1. The summed E-state index contributed by atoms with van der Waals surface area (Å²) in [6.07, 6.45) is 3.97. The van der Waals surface area contributed by atoms with Crippen molar-refractivity contribution in [3.63, 3.8) is 0 Å². The zero-order chi connectivity index (χ0) is 13.2. The summed E-state index contributed by atoms with van der Waals surface area (Å²) in [4.78, 5) is 0. The van der Waals surface area contributed by atoms with Gasteiger partial charge in [0.2, 0.25) is 0 Å². The summed E-state index contributed by atoms with van der Waals surface area (Å²) in [7, 11) is 1.75. The van der Waals surface area contributed by atoms with E-state index in [-0.39, 0.29) is 0 Å². The minimum atomic E-state index is 0.930. The van der Waals surface area contributed by atoms with Crippen LogP contribution in [0.4, 0.5) is 5.69 Å². The molecule has 2 aromatic rings. The van der Waals surface area contributed by atoms with Crippen molar-refractivity contribution in [2.45, 2.75) is 25.7 Å². The molecule has 0 aromatic heterocycles. The maximum atomic E-state index is 6.13. The normalized spacial score (nSPS) is 13.9. The quantitative estimate of drug-likeness (QED) is 0.792. The molecular formula is C17H19NO. The molecule has 6 rings (SSSR count). The van der Waals surface area contributed by atoms with E-state index in [1.165, 1.54) is 22.3 Å². The molecular weight excluding hydrogens is 234 g/mol. The van der Waals surface area contributed by atoms with Gasteiger partial charge < -0.3 is 10.5 Å². The summed E-state index contributed by atoms with van der Waals surface area (Å²) < 4.78 is 5.51. The number of aryl methyl sites for hydroxylation is 4. The Morgan fingerprint density at radius 2 is 1.47 bits per heavy atom. The number of methoxy groups -OCH3 is 1. The van der Waals surface area contributed by atoms with Gasteiger partial charge >= 0.3 is 0 Å². The number of nitrogen functional groups attached to an aromatic ring is 1. The molecule has 0 heterocycles. The van der Waals surface area contributed by atoms with Gasteiger partial charge in [0, 0.05) is 5.69 Å². The molecule has 2 N–H and O–H groups in total. The standard InChI is InChI=1S/C17H19NO/c1-19-17-11-13-3-7-14-6-2-12(10-16(14)18)4-8-15(17)9-5-13/h2,5-6,9-11H,3-4,7-8,18H2,1H3. The second-order valence-electron chi connectivity index (χ2n) is 5.18. The highest BCUT2D eigenvalue weighted by Crippen LogP contribution is 2.26. The van der Waals surface area contributed by atoms with Crippen LogP contribution in [0.3, 0.4) is 0 Å². The van der Waals surface area contributed by atoms with Crippen LogP contribution < -0.4 is 10.5 Å². The van der Waals surface area contributed by atoms with E-state index in [4.69, 9.17) is 10.5 Å². The molecule has 0 amide bonds. The van der Waals surface area contributed by atoms with Crippen LogP contribution >= 0.6 is 0 Å². The number of ether oxygens (including phenoxy) is 1. The molecule has 0 fully saturated rings. The molecule has 2 heteroatoms. The second kappa shape index (κ2) is 4.96. The van der Waals surface area contributed by atoms with Crippen molar-refractivity contribution in [2.75, 3.05) is 12.8 Å². The molecule has 0 aliphatic heterocycles. The Morgan fingerprint density at radius 1 is 0.842 bits per heavy atom. The van der Waals surface area contributed by atoms with Gasteiger partial charge in [0.15, 0.2) is 0 Å². The molecule has 4 aliphatic rings. The summed E-state index contributed by atoms with van der Waals surface area (Å²) >= 11 is 0. The van der Waals surface area contributed by atoms with Crippen molar-refractivity contribution in [1.29, 1.82) is 0 Å². The van der Waals surface area contributed by atoms with Crippen LogP contribution in [0.2, 0.25) is 0 Å². The largest absolute Gasteiger partial charge is 0.496 e. The van der Waals surface area contributed by atoms with Crippen LogP contribution in [0.15, 0.2) is 36.4 Å². The number of hydrogen-bond donors (Lipinski definition) is 1. The van der Waals surface area contributed by atoms with Crippen molar-refractivity contribution in [1.82, 2.24) is 0 Å². The average molecular weight is 253 g/mol. The maximum absolute atomic E-state index is 6.13. The molecule has 19 heavy (non-hydrogen) atoms. The van der Waals surface area contributed by atoms with Crippen molar-refractivity contribution in [3.8, 4) is 5.75 Å². The molecule has 98 valence electrons. The van der Waals surface area contributed by atoms with Gasteiger partial charge in [0.05, 0.1) is 7.11 Å². The molecule has 0 unspecified atom stereocenters. The van der Waals surface area contributed by atoms with E-state index in [9.17, 15) is 0 Å². The van der Waals surface area contributed by atoms with Crippen LogP contribution in [-0.2, 0) is 25.7 Å². The summed E-state index contributed by atoms with van der Waals surface area (Å²) in [6.45, 7) is 0. The van der Waals surface area contributed by atoms with Crippen LogP contribution in [-0.4, -0.2) is 7.11 Å². The Labute approximate surface area is 114 Å². The Balaban J connectivity index is 2.02. The molecule has 4 aliphatic carbocycles. The van der Waals surface area contributed by atoms with E-state index in [1.54, 1.807) is 7.11 Å². The van der Waals surface area contributed by atoms with Gasteiger partial charge in [-0.3, -0.25) is 0 Å². The highest BCUT2D eigenvalue weighted by molar-refractivity contribution is 5.50. The summed E-state index contributed by atoms with van der Waals surface area (Å²) in [6, 6.07) is 13.1. The lowest BCUT2D eigenvalue weighted by Crippen LogP contribution is -2.03. The smallest absolute Gasteiger partial charge is 0.122 e. The molecule has 0 saturated carbocycles. The van der Waals surface area contributed by atoms with E-state index in [0.717, 1.165) is 37.1 Å². The minimum Gasteiger partial charge on any atom is -0.496 e. The lowest BCUT2D eigenvalue weighted by atomic mass is 9.95. The first-order valence-corrected chi connectivity index (χ1v) is 6.79. The SMILES string of the molecule is COc1cc2ccc1CCc1ccc(c(N)c1)CC2. The number of hydrogen-bond acceptors (Lipinski definition) is 2. The van der Waals surface area contributed by atoms with Crippen molar-refractivity contribution >= 4 is 5.69 Å². The topological polar surface area (TPSA) is 35.2 Å². The van der Waals surface area contributed by atoms with Gasteiger partial charge in [-0.2, -0.15) is 0 Å². The van der Waals surface area contributed by atoms with Crippen molar-refractivity contribution in [3.05, 3.63) is 58.7 Å². The average Bonchev–Trinajstić information content (AvgIpc) is 2.42. The number of benzene rings is 2. The monoisotopic (exact) mass is 253 g/mol. The Kier molecular flexibility index (Phi) is 3.16. The molecule has 2 nitrogen and oxygen atoms in total. The fourth-order valence-electron chi connectivity index (χ4n) is 2.74. The van der Waals surface area contributed by atoms with Crippen LogP contribution in [0.5, 0.6) is 5.75 Å². The lowest BCUT2D eigenvalue weighted by Gasteiger charge is -2.14. The number of rotatable bonds is 1. The first kappa shape index (κ1) is 12.1.